The third-order valence-electron chi connectivity index (χ3n) is 5.93. The average Bonchev–Trinajstić information content (AvgIpc) is 3.07. The van der Waals surface area contributed by atoms with E-state index in [1.54, 1.807) is 0 Å². The molecule has 5 heteroatoms. The summed E-state index contributed by atoms with van der Waals surface area (Å²) < 4.78 is 0. The molecule has 3 heterocycles. The maximum atomic E-state index is 11.3. The topological polar surface area (TPSA) is 47.0 Å². The number of carboxylic acids is 1. The highest BCUT2D eigenvalue weighted by atomic mass is 16.4. The minimum Gasteiger partial charge on any atom is -0.480 e. The maximum absolute atomic E-state index is 11.3. The quantitative estimate of drug-likeness (QED) is 0.844. The molecule has 5 nitrogen and oxygen atoms in total. The van der Waals surface area contributed by atoms with Crippen LogP contribution in [0.3, 0.4) is 0 Å². The lowest BCUT2D eigenvalue weighted by Crippen LogP contribution is -2.51. The number of likely N-dealkylation sites (N-methyl/N-ethyl adjacent to an activating group) is 1. The van der Waals surface area contributed by atoms with Gasteiger partial charge < -0.3 is 10.0 Å². The Hall–Kier alpha value is -0.650. The van der Waals surface area contributed by atoms with Crippen molar-refractivity contribution in [3.8, 4) is 0 Å². The van der Waals surface area contributed by atoms with Crippen LogP contribution in [0.5, 0.6) is 0 Å². The molecule has 3 aliphatic rings. The second-order valence-corrected chi connectivity index (χ2v) is 7.18. The summed E-state index contributed by atoms with van der Waals surface area (Å²) in [5.41, 5.74) is 0. The highest BCUT2D eigenvalue weighted by molar-refractivity contribution is 5.73. The monoisotopic (exact) mass is 295 g/mol. The van der Waals surface area contributed by atoms with Crippen molar-refractivity contribution >= 4 is 5.97 Å². The Morgan fingerprint density at radius 1 is 1.10 bits per heavy atom. The number of aliphatic carboxylic acids is 1. The molecule has 0 aliphatic carbocycles. The molecule has 21 heavy (non-hydrogen) atoms. The number of likely N-dealkylation sites (tertiary alicyclic amines) is 3. The number of nitrogens with zero attached hydrogens (tertiary/aromatic N) is 3. The Balaban J connectivity index is 1.52. The van der Waals surface area contributed by atoms with Crippen molar-refractivity contribution in [3.05, 3.63) is 0 Å². The molecule has 3 rings (SSSR count). The number of piperidine rings is 1. The van der Waals surface area contributed by atoms with Gasteiger partial charge in [-0.25, -0.2) is 0 Å². The van der Waals surface area contributed by atoms with Crippen LogP contribution < -0.4 is 0 Å². The normalized spacial score (nSPS) is 37.3. The molecule has 1 N–H and O–H groups in total. The van der Waals surface area contributed by atoms with Gasteiger partial charge in [-0.2, -0.15) is 0 Å². The zero-order valence-electron chi connectivity index (χ0n) is 13.4. The number of hydrogen-bond acceptors (Lipinski definition) is 4. The maximum Gasteiger partial charge on any atom is 0.320 e. The van der Waals surface area contributed by atoms with E-state index >= 15 is 0 Å². The van der Waals surface area contributed by atoms with E-state index in [0.29, 0.717) is 18.1 Å². The summed E-state index contributed by atoms with van der Waals surface area (Å²) in [4.78, 5) is 18.7. The summed E-state index contributed by atoms with van der Waals surface area (Å²) >= 11 is 0. The van der Waals surface area contributed by atoms with Gasteiger partial charge in [-0.1, -0.05) is 0 Å². The molecule has 0 amide bonds. The van der Waals surface area contributed by atoms with Crippen LogP contribution >= 0.6 is 0 Å². The zero-order chi connectivity index (χ0) is 15.0. The van der Waals surface area contributed by atoms with Crippen LogP contribution in [-0.2, 0) is 4.79 Å². The van der Waals surface area contributed by atoms with Crippen LogP contribution in [0.25, 0.3) is 0 Å². The highest BCUT2D eigenvalue weighted by Crippen LogP contribution is 2.29. The van der Waals surface area contributed by atoms with Gasteiger partial charge in [-0.05, 0) is 65.7 Å². The lowest BCUT2D eigenvalue weighted by Gasteiger charge is -2.40. The Labute approximate surface area is 127 Å². The van der Waals surface area contributed by atoms with Crippen LogP contribution in [0, 0.1) is 0 Å². The van der Waals surface area contributed by atoms with Crippen LogP contribution in [-0.4, -0.2) is 83.2 Å². The van der Waals surface area contributed by atoms with Crippen molar-refractivity contribution in [3.63, 3.8) is 0 Å². The Morgan fingerprint density at radius 3 is 2.38 bits per heavy atom. The minimum absolute atomic E-state index is 0.223. The molecule has 0 saturated carbocycles. The molecule has 3 fully saturated rings. The molecule has 0 aromatic rings. The first-order valence-corrected chi connectivity index (χ1v) is 8.49. The molecule has 3 unspecified atom stereocenters. The van der Waals surface area contributed by atoms with Crippen molar-refractivity contribution in [2.24, 2.45) is 0 Å². The fourth-order valence-electron chi connectivity index (χ4n) is 4.50. The Morgan fingerprint density at radius 2 is 1.81 bits per heavy atom. The fraction of sp³-hybridized carbons (Fsp3) is 0.938. The molecule has 0 radical (unpaired) electrons. The first-order valence-electron chi connectivity index (χ1n) is 8.49. The lowest BCUT2D eigenvalue weighted by atomic mass is 10.00. The van der Waals surface area contributed by atoms with Crippen molar-refractivity contribution < 1.29 is 9.90 Å². The number of carboxylic acid groups (broad SMARTS) is 1. The van der Waals surface area contributed by atoms with Gasteiger partial charge in [0.1, 0.15) is 6.04 Å². The van der Waals surface area contributed by atoms with Gasteiger partial charge in [-0.3, -0.25) is 14.6 Å². The Kier molecular flexibility index (Phi) is 4.52. The molecular formula is C16H29N3O2. The molecule has 0 aromatic carbocycles. The molecule has 0 aromatic heterocycles. The van der Waals surface area contributed by atoms with Crippen LogP contribution in [0.2, 0.25) is 0 Å². The predicted octanol–water partition coefficient (Wildman–Crippen LogP) is 1.09. The van der Waals surface area contributed by atoms with E-state index in [0.717, 1.165) is 45.3 Å². The van der Waals surface area contributed by atoms with Crippen molar-refractivity contribution in [1.29, 1.82) is 0 Å². The summed E-state index contributed by atoms with van der Waals surface area (Å²) in [5, 5.41) is 9.34. The molecule has 3 aliphatic heterocycles. The largest absolute Gasteiger partial charge is 0.480 e. The van der Waals surface area contributed by atoms with Crippen molar-refractivity contribution in [1.82, 2.24) is 14.7 Å². The van der Waals surface area contributed by atoms with E-state index in [2.05, 4.69) is 28.7 Å². The SMILES string of the molecule is CC1CC(N2CCC(N3CCCC3C(=O)O)CC2)CN1C. The van der Waals surface area contributed by atoms with E-state index in [4.69, 9.17) is 0 Å². The molecule has 3 atom stereocenters. The van der Waals surface area contributed by atoms with Gasteiger partial charge in [0.25, 0.3) is 0 Å². The van der Waals surface area contributed by atoms with Crippen LogP contribution in [0.4, 0.5) is 0 Å². The third kappa shape index (κ3) is 3.10. The second-order valence-electron chi connectivity index (χ2n) is 7.18. The third-order valence-corrected chi connectivity index (χ3v) is 5.93. The van der Waals surface area contributed by atoms with Gasteiger partial charge in [0, 0.05) is 24.7 Å². The number of hydrogen-bond donors (Lipinski definition) is 1. The summed E-state index contributed by atoms with van der Waals surface area (Å²) in [5.74, 6) is -0.624. The molecule has 3 saturated heterocycles. The fourth-order valence-corrected chi connectivity index (χ4v) is 4.50. The van der Waals surface area contributed by atoms with E-state index in [1.807, 2.05) is 0 Å². The van der Waals surface area contributed by atoms with E-state index in [1.165, 1.54) is 13.0 Å². The molecular weight excluding hydrogens is 266 g/mol. The standard InChI is InChI=1S/C16H29N3O2/c1-12-10-14(11-17(12)2)18-8-5-13(6-9-18)19-7-3-4-15(19)16(20)21/h12-15H,3-11H2,1-2H3,(H,20,21). The average molecular weight is 295 g/mol. The van der Waals surface area contributed by atoms with Gasteiger partial charge >= 0.3 is 5.97 Å². The predicted molar refractivity (Wildman–Crippen MR) is 82.5 cm³/mol. The van der Waals surface area contributed by atoms with E-state index < -0.39 is 5.97 Å². The first-order chi connectivity index (χ1) is 10.1. The summed E-state index contributed by atoms with van der Waals surface area (Å²) in [6.07, 6.45) is 5.43. The first kappa shape index (κ1) is 15.3. The molecule has 0 bridgehead atoms. The second kappa shape index (κ2) is 6.23. The van der Waals surface area contributed by atoms with E-state index in [9.17, 15) is 9.90 Å². The van der Waals surface area contributed by atoms with Crippen LogP contribution in [0.1, 0.15) is 39.0 Å². The molecule has 0 spiro atoms. The Bertz CT molecular complexity index is 372. The summed E-state index contributed by atoms with van der Waals surface area (Å²) in [7, 11) is 2.22. The number of carbonyl (C=O) groups is 1. The number of rotatable bonds is 3. The highest BCUT2D eigenvalue weighted by Gasteiger charge is 2.38. The van der Waals surface area contributed by atoms with Gasteiger partial charge in [-0.15, -0.1) is 0 Å². The van der Waals surface area contributed by atoms with E-state index in [-0.39, 0.29) is 6.04 Å². The van der Waals surface area contributed by atoms with Gasteiger partial charge in [0.2, 0.25) is 0 Å². The molecule has 120 valence electrons. The lowest BCUT2D eigenvalue weighted by molar-refractivity contribution is -0.143. The summed E-state index contributed by atoms with van der Waals surface area (Å²) in [6, 6.07) is 1.67. The van der Waals surface area contributed by atoms with Crippen molar-refractivity contribution in [2.75, 3.05) is 33.2 Å². The van der Waals surface area contributed by atoms with Gasteiger partial charge in [0.15, 0.2) is 0 Å². The zero-order valence-corrected chi connectivity index (χ0v) is 13.4. The smallest absolute Gasteiger partial charge is 0.320 e. The van der Waals surface area contributed by atoms with Crippen molar-refractivity contribution in [2.45, 2.75) is 63.2 Å². The van der Waals surface area contributed by atoms with Gasteiger partial charge in [0.05, 0.1) is 0 Å². The van der Waals surface area contributed by atoms with Crippen LogP contribution in [0.15, 0.2) is 0 Å². The minimum atomic E-state index is -0.624. The summed E-state index contributed by atoms with van der Waals surface area (Å²) in [6.45, 7) is 6.75.